The monoisotopic (exact) mass is 306 g/mol. The van der Waals surface area contributed by atoms with Crippen molar-refractivity contribution in [3.05, 3.63) is 24.0 Å². The Morgan fingerprint density at radius 2 is 2.18 bits per heavy atom. The predicted octanol–water partition coefficient (Wildman–Crippen LogP) is 2.24. The van der Waals surface area contributed by atoms with Gasteiger partial charge in [-0.1, -0.05) is 13.8 Å². The largest absolute Gasteiger partial charge is 0.378 e. The third-order valence-electron chi connectivity index (χ3n) is 5.61. The number of guanidine groups is 1. The number of rotatable bonds is 4. The van der Waals surface area contributed by atoms with Crippen LogP contribution in [-0.4, -0.2) is 48.3 Å². The zero-order valence-corrected chi connectivity index (χ0v) is 15.0. The number of methoxy groups -OCH3 is 1. The number of nitrogens with one attached hydrogen (secondary N) is 1. The Bertz CT molecular complexity index is 549. The summed E-state index contributed by atoms with van der Waals surface area (Å²) in [5.74, 6) is 0.928. The second kappa shape index (κ2) is 5.95. The summed E-state index contributed by atoms with van der Waals surface area (Å²) in [6.07, 6.45) is 3.06. The third kappa shape index (κ3) is 2.74. The van der Waals surface area contributed by atoms with E-state index < -0.39 is 0 Å². The van der Waals surface area contributed by atoms with Crippen LogP contribution in [0.4, 0.5) is 0 Å². The summed E-state index contributed by atoms with van der Waals surface area (Å²) in [5, 5.41) is 3.60. The van der Waals surface area contributed by atoms with E-state index in [0.29, 0.717) is 6.04 Å². The number of aryl methyl sites for hydroxylation is 1. The lowest BCUT2D eigenvalue weighted by Gasteiger charge is -2.59. The first-order chi connectivity index (χ1) is 10.2. The van der Waals surface area contributed by atoms with Gasteiger partial charge in [0.25, 0.3) is 0 Å². The lowest BCUT2D eigenvalue weighted by atomic mass is 9.56. The van der Waals surface area contributed by atoms with E-state index in [9.17, 15) is 0 Å². The normalized spacial score (nSPS) is 27.4. The van der Waals surface area contributed by atoms with Crippen molar-refractivity contribution in [2.45, 2.75) is 45.4 Å². The van der Waals surface area contributed by atoms with Gasteiger partial charge in [0.2, 0.25) is 0 Å². The van der Waals surface area contributed by atoms with Crippen LogP contribution >= 0.6 is 0 Å². The molecule has 0 radical (unpaired) electrons. The van der Waals surface area contributed by atoms with Gasteiger partial charge in [0.05, 0.1) is 12.1 Å². The van der Waals surface area contributed by atoms with Crippen molar-refractivity contribution in [2.24, 2.45) is 17.5 Å². The maximum atomic E-state index is 5.70. The number of aliphatic imine (C=N–C) groups is 1. The van der Waals surface area contributed by atoms with Crippen LogP contribution in [0.25, 0.3) is 0 Å². The maximum absolute atomic E-state index is 5.70. The van der Waals surface area contributed by atoms with E-state index in [2.05, 4.69) is 73.0 Å². The van der Waals surface area contributed by atoms with Gasteiger partial charge in [0.15, 0.2) is 5.96 Å². The molecule has 22 heavy (non-hydrogen) atoms. The predicted molar refractivity (Wildman–Crippen MR) is 91.0 cm³/mol. The summed E-state index contributed by atoms with van der Waals surface area (Å²) in [6, 6.07) is 4.57. The van der Waals surface area contributed by atoms with Crippen molar-refractivity contribution in [1.29, 1.82) is 0 Å². The Kier molecular flexibility index (Phi) is 4.57. The number of ether oxygens (including phenoxy) is 1. The zero-order valence-electron chi connectivity index (χ0n) is 15.0. The zero-order chi connectivity index (χ0) is 16.5. The molecule has 1 aliphatic carbocycles. The molecule has 0 saturated heterocycles. The molecule has 2 rings (SSSR count). The van der Waals surface area contributed by atoms with E-state index in [1.807, 2.05) is 7.05 Å². The van der Waals surface area contributed by atoms with Gasteiger partial charge in [-0.3, -0.25) is 4.99 Å². The van der Waals surface area contributed by atoms with Gasteiger partial charge in [-0.15, -0.1) is 0 Å². The highest BCUT2D eigenvalue weighted by atomic mass is 16.5. The third-order valence-corrected chi connectivity index (χ3v) is 5.61. The standard InChI is InChI=1S/C17H30N4O/c1-16(2)14(11-17(16,3)22-7)19-15(18-4)21(6)12-13-9-8-10-20(13)5/h8-10,14H,11-12H2,1-7H3,(H,18,19). The molecule has 1 saturated carbocycles. The molecule has 124 valence electrons. The van der Waals surface area contributed by atoms with E-state index in [-0.39, 0.29) is 11.0 Å². The van der Waals surface area contributed by atoms with Crippen molar-refractivity contribution in [2.75, 3.05) is 21.2 Å². The molecule has 0 amide bonds. The van der Waals surface area contributed by atoms with Crippen LogP contribution in [0, 0.1) is 5.41 Å². The SMILES string of the molecule is CN=C(NC1CC(C)(OC)C1(C)C)N(C)Cc1cccn1C. The van der Waals surface area contributed by atoms with Crippen LogP contribution in [-0.2, 0) is 18.3 Å². The summed E-state index contributed by atoms with van der Waals surface area (Å²) >= 11 is 0. The molecular weight excluding hydrogens is 276 g/mol. The molecule has 1 aromatic heterocycles. The molecular formula is C17H30N4O. The molecule has 0 spiro atoms. The second-order valence-corrected chi connectivity index (χ2v) is 7.07. The van der Waals surface area contributed by atoms with Crippen LogP contribution in [0.1, 0.15) is 32.9 Å². The van der Waals surface area contributed by atoms with Crippen molar-refractivity contribution in [1.82, 2.24) is 14.8 Å². The van der Waals surface area contributed by atoms with E-state index in [0.717, 1.165) is 18.9 Å². The fourth-order valence-corrected chi connectivity index (χ4v) is 3.20. The lowest BCUT2D eigenvalue weighted by molar-refractivity contribution is -0.176. The van der Waals surface area contributed by atoms with Crippen LogP contribution < -0.4 is 5.32 Å². The topological polar surface area (TPSA) is 41.8 Å². The molecule has 2 unspecified atom stereocenters. The van der Waals surface area contributed by atoms with Gasteiger partial charge in [0.1, 0.15) is 0 Å². The van der Waals surface area contributed by atoms with Gasteiger partial charge >= 0.3 is 0 Å². The lowest BCUT2D eigenvalue weighted by Crippen LogP contribution is -2.69. The first kappa shape index (κ1) is 16.9. The minimum atomic E-state index is -0.0692. The van der Waals surface area contributed by atoms with E-state index in [4.69, 9.17) is 4.74 Å². The summed E-state index contributed by atoms with van der Waals surface area (Å²) in [6.45, 7) is 7.52. The molecule has 5 heteroatoms. The van der Waals surface area contributed by atoms with E-state index in [1.165, 1.54) is 5.69 Å². The molecule has 1 heterocycles. The van der Waals surface area contributed by atoms with Crippen molar-refractivity contribution in [3.63, 3.8) is 0 Å². The quantitative estimate of drug-likeness (QED) is 0.685. The average Bonchev–Trinajstić information content (AvgIpc) is 2.88. The van der Waals surface area contributed by atoms with Crippen LogP contribution in [0.2, 0.25) is 0 Å². The fraction of sp³-hybridized carbons (Fsp3) is 0.706. The first-order valence-electron chi connectivity index (χ1n) is 7.85. The number of nitrogens with zero attached hydrogens (tertiary/aromatic N) is 3. The first-order valence-corrected chi connectivity index (χ1v) is 7.85. The van der Waals surface area contributed by atoms with E-state index >= 15 is 0 Å². The van der Waals surface area contributed by atoms with Crippen molar-refractivity contribution < 1.29 is 4.74 Å². The Morgan fingerprint density at radius 3 is 2.64 bits per heavy atom. The van der Waals surface area contributed by atoms with Gasteiger partial charge in [-0.05, 0) is 25.5 Å². The highest BCUT2D eigenvalue weighted by Crippen LogP contribution is 2.51. The summed E-state index contributed by atoms with van der Waals surface area (Å²) < 4.78 is 7.84. The Balaban J connectivity index is 2.01. The van der Waals surface area contributed by atoms with E-state index in [1.54, 1.807) is 7.11 Å². The van der Waals surface area contributed by atoms with Gasteiger partial charge in [-0.2, -0.15) is 0 Å². The van der Waals surface area contributed by atoms with Gasteiger partial charge in [0, 0.05) is 51.6 Å². The highest BCUT2D eigenvalue weighted by molar-refractivity contribution is 5.80. The molecule has 1 aromatic rings. The van der Waals surface area contributed by atoms with Crippen LogP contribution in [0.15, 0.2) is 23.3 Å². The fourth-order valence-electron chi connectivity index (χ4n) is 3.20. The number of hydrogen-bond donors (Lipinski definition) is 1. The van der Waals surface area contributed by atoms with Crippen LogP contribution in [0.5, 0.6) is 0 Å². The molecule has 0 bridgehead atoms. The maximum Gasteiger partial charge on any atom is 0.193 e. The molecule has 0 aliphatic heterocycles. The molecule has 0 aromatic carbocycles. The molecule has 2 atom stereocenters. The van der Waals surface area contributed by atoms with Crippen molar-refractivity contribution in [3.8, 4) is 0 Å². The van der Waals surface area contributed by atoms with Gasteiger partial charge < -0.3 is 19.5 Å². The molecule has 1 fully saturated rings. The summed E-state index contributed by atoms with van der Waals surface area (Å²) in [7, 11) is 7.78. The minimum Gasteiger partial charge on any atom is -0.378 e. The smallest absolute Gasteiger partial charge is 0.193 e. The Hall–Kier alpha value is -1.49. The number of hydrogen-bond acceptors (Lipinski definition) is 2. The average molecular weight is 306 g/mol. The number of aromatic nitrogens is 1. The Labute approximate surface area is 134 Å². The highest BCUT2D eigenvalue weighted by Gasteiger charge is 2.58. The molecule has 1 N–H and O–H groups in total. The molecule has 1 aliphatic rings. The second-order valence-electron chi connectivity index (χ2n) is 7.07. The minimum absolute atomic E-state index is 0.0692. The Morgan fingerprint density at radius 1 is 1.50 bits per heavy atom. The van der Waals surface area contributed by atoms with Crippen molar-refractivity contribution >= 4 is 5.96 Å². The van der Waals surface area contributed by atoms with Gasteiger partial charge in [-0.25, -0.2) is 0 Å². The summed E-state index contributed by atoms with van der Waals surface area (Å²) in [5.41, 5.74) is 1.27. The summed E-state index contributed by atoms with van der Waals surface area (Å²) in [4.78, 5) is 6.60. The molecule has 5 nitrogen and oxygen atoms in total. The van der Waals surface area contributed by atoms with Crippen LogP contribution in [0.3, 0.4) is 0 Å².